The first-order valence-corrected chi connectivity index (χ1v) is 8.64. The van der Waals surface area contributed by atoms with Crippen LogP contribution in [-0.2, 0) is 0 Å². The van der Waals surface area contributed by atoms with Crippen LogP contribution in [0.25, 0.3) is 0 Å². The van der Waals surface area contributed by atoms with E-state index in [1.54, 1.807) is 0 Å². The van der Waals surface area contributed by atoms with Crippen molar-refractivity contribution in [2.24, 2.45) is 16.7 Å². The summed E-state index contributed by atoms with van der Waals surface area (Å²) in [4.78, 5) is 0. The summed E-state index contributed by atoms with van der Waals surface area (Å²) < 4.78 is 0. The van der Waals surface area contributed by atoms with Crippen molar-refractivity contribution in [2.75, 3.05) is 0 Å². The van der Waals surface area contributed by atoms with E-state index in [0.717, 1.165) is 11.5 Å². The SMILES string of the molecule is C[SiH](C)C1C(CC(C)(C)C)C1(C)C. The predicted molar refractivity (Wildman–Crippen MR) is 64.0 cm³/mol. The van der Waals surface area contributed by atoms with Gasteiger partial charge in [-0.05, 0) is 28.7 Å². The first-order chi connectivity index (χ1) is 5.66. The van der Waals surface area contributed by atoms with Crippen molar-refractivity contribution in [3.05, 3.63) is 0 Å². The van der Waals surface area contributed by atoms with Gasteiger partial charge in [0.25, 0.3) is 0 Å². The Hall–Kier alpha value is 0.217. The Morgan fingerprint density at radius 1 is 1.15 bits per heavy atom. The topological polar surface area (TPSA) is 0 Å². The highest BCUT2D eigenvalue weighted by Crippen LogP contribution is 2.67. The Labute approximate surface area is 85.7 Å². The van der Waals surface area contributed by atoms with Crippen LogP contribution in [0.2, 0.25) is 18.6 Å². The second-order valence-electron chi connectivity index (χ2n) is 6.96. The molecule has 2 atom stereocenters. The molecular weight excluding hydrogens is 172 g/mol. The van der Waals surface area contributed by atoms with Gasteiger partial charge in [-0.3, -0.25) is 0 Å². The van der Waals surface area contributed by atoms with Crippen molar-refractivity contribution >= 4 is 8.80 Å². The van der Waals surface area contributed by atoms with E-state index in [0.29, 0.717) is 10.8 Å². The van der Waals surface area contributed by atoms with Gasteiger partial charge < -0.3 is 0 Å². The predicted octanol–water partition coefficient (Wildman–Crippen LogP) is 3.94. The molecular formula is C12H26Si. The van der Waals surface area contributed by atoms with Gasteiger partial charge in [-0.25, -0.2) is 0 Å². The average Bonchev–Trinajstić information content (AvgIpc) is 2.28. The lowest BCUT2D eigenvalue weighted by molar-refractivity contribution is 0.328. The summed E-state index contributed by atoms with van der Waals surface area (Å²) in [6, 6.07) is 0. The fraction of sp³-hybridized carbons (Fsp3) is 1.00. The molecule has 0 saturated heterocycles. The molecule has 0 aromatic carbocycles. The first kappa shape index (κ1) is 11.3. The molecule has 0 aromatic heterocycles. The molecule has 0 nitrogen and oxygen atoms in total. The third-order valence-corrected chi connectivity index (χ3v) is 6.45. The fourth-order valence-electron chi connectivity index (χ4n) is 3.16. The second kappa shape index (κ2) is 3.11. The second-order valence-corrected chi connectivity index (χ2v) is 10.2. The summed E-state index contributed by atoms with van der Waals surface area (Å²) in [5, 5.41) is 0. The fourth-order valence-corrected chi connectivity index (χ4v) is 6.58. The molecule has 0 aliphatic heterocycles. The zero-order valence-corrected chi connectivity index (χ0v) is 11.6. The molecule has 0 aromatic rings. The van der Waals surface area contributed by atoms with Gasteiger partial charge >= 0.3 is 0 Å². The van der Waals surface area contributed by atoms with Crippen LogP contribution in [-0.4, -0.2) is 8.80 Å². The Morgan fingerprint density at radius 2 is 1.62 bits per heavy atom. The van der Waals surface area contributed by atoms with Crippen LogP contribution in [0.4, 0.5) is 0 Å². The molecule has 78 valence electrons. The molecule has 1 rings (SSSR count). The van der Waals surface area contributed by atoms with Crippen LogP contribution in [0.1, 0.15) is 41.0 Å². The van der Waals surface area contributed by atoms with E-state index in [4.69, 9.17) is 0 Å². The van der Waals surface area contributed by atoms with Gasteiger partial charge in [-0.1, -0.05) is 47.7 Å². The minimum Gasteiger partial charge on any atom is -0.0720 e. The zero-order valence-electron chi connectivity index (χ0n) is 10.4. The molecule has 0 N–H and O–H groups in total. The summed E-state index contributed by atoms with van der Waals surface area (Å²) in [6.07, 6.45) is 1.43. The molecule has 1 heteroatoms. The molecule has 0 heterocycles. The molecule has 0 amide bonds. The van der Waals surface area contributed by atoms with Gasteiger partial charge in [0.05, 0.1) is 0 Å². The smallest absolute Gasteiger partial charge is 0.0347 e. The van der Waals surface area contributed by atoms with Crippen LogP contribution >= 0.6 is 0 Å². The Bertz CT molecular complexity index is 186. The van der Waals surface area contributed by atoms with Crippen molar-refractivity contribution in [1.82, 2.24) is 0 Å². The number of hydrogen-bond donors (Lipinski definition) is 0. The summed E-state index contributed by atoms with van der Waals surface area (Å²) >= 11 is 0. The van der Waals surface area contributed by atoms with E-state index < -0.39 is 8.80 Å². The van der Waals surface area contributed by atoms with Crippen LogP contribution in [0.5, 0.6) is 0 Å². The average molecular weight is 198 g/mol. The quantitative estimate of drug-likeness (QED) is 0.590. The monoisotopic (exact) mass is 198 g/mol. The lowest BCUT2D eigenvalue weighted by atomic mass is 9.87. The lowest BCUT2D eigenvalue weighted by Crippen LogP contribution is -2.08. The third kappa shape index (κ3) is 2.37. The van der Waals surface area contributed by atoms with Crippen LogP contribution in [0.15, 0.2) is 0 Å². The number of hydrogen-bond acceptors (Lipinski definition) is 0. The maximum absolute atomic E-state index is 2.51. The molecule has 1 aliphatic carbocycles. The summed E-state index contributed by atoms with van der Waals surface area (Å²) in [6.45, 7) is 17.1. The van der Waals surface area contributed by atoms with E-state index in [1.807, 2.05) is 0 Å². The molecule has 0 radical (unpaired) electrons. The first-order valence-electron chi connectivity index (χ1n) is 5.66. The Balaban J connectivity index is 2.56. The van der Waals surface area contributed by atoms with Crippen molar-refractivity contribution in [2.45, 2.75) is 59.7 Å². The van der Waals surface area contributed by atoms with Gasteiger partial charge in [-0.15, -0.1) is 0 Å². The van der Waals surface area contributed by atoms with E-state index in [2.05, 4.69) is 47.7 Å². The lowest BCUT2D eigenvalue weighted by Gasteiger charge is -2.19. The summed E-state index contributed by atoms with van der Waals surface area (Å²) in [5.74, 6) is 1.03. The van der Waals surface area contributed by atoms with Crippen molar-refractivity contribution in [3.63, 3.8) is 0 Å². The largest absolute Gasteiger partial charge is 0.0720 e. The molecule has 0 spiro atoms. The van der Waals surface area contributed by atoms with Crippen LogP contribution in [0.3, 0.4) is 0 Å². The van der Waals surface area contributed by atoms with Gasteiger partial charge in [0.2, 0.25) is 0 Å². The van der Waals surface area contributed by atoms with Gasteiger partial charge in [0, 0.05) is 8.80 Å². The minimum atomic E-state index is -0.405. The van der Waals surface area contributed by atoms with E-state index in [9.17, 15) is 0 Å². The van der Waals surface area contributed by atoms with Gasteiger partial charge in [0.15, 0.2) is 0 Å². The third-order valence-electron chi connectivity index (χ3n) is 3.69. The summed E-state index contributed by atoms with van der Waals surface area (Å²) in [7, 11) is -0.405. The van der Waals surface area contributed by atoms with Gasteiger partial charge in [-0.2, -0.15) is 0 Å². The zero-order chi connectivity index (χ0) is 10.4. The van der Waals surface area contributed by atoms with Crippen molar-refractivity contribution in [1.29, 1.82) is 0 Å². The van der Waals surface area contributed by atoms with E-state index in [-0.39, 0.29) is 0 Å². The van der Waals surface area contributed by atoms with Crippen molar-refractivity contribution < 1.29 is 0 Å². The van der Waals surface area contributed by atoms with E-state index in [1.165, 1.54) is 6.42 Å². The molecule has 13 heavy (non-hydrogen) atoms. The molecule has 0 bridgehead atoms. The molecule has 1 saturated carbocycles. The molecule has 1 aliphatic rings. The molecule has 1 fully saturated rings. The highest BCUT2D eigenvalue weighted by Gasteiger charge is 2.58. The van der Waals surface area contributed by atoms with E-state index >= 15 is 0 Å². The number of rotatable bonds is 2. The highest BCUT2D eigenvalue weighted by atomic mass is 28.3. The molecule has 2 unspecified atom stereocenters. The maximum atomic E-state index is 2.51. The van der Waals surface area contributed by atoms with Crippen LogP contribution < -0.4 is 0 Å². The van der Waals surface area contributed by atoms with Crippen molar-refractivity contribution in [3.8, 4) is 0 Å². The highest BCUT2D eigenvalue weighted by molar-refractivity contribution is 6.58. The van der Waals surface area contributed by atoms with Gasteiger partial charge in [0.1, 0.15) is 0 Å². The Morgan fingerprint density at radius 3 is 1.85 bits per heavy atom. The minimum absolute atomic E-state index is 0.405. The Kier molecular flexibility index (Phi) is 2.71. The van der Waals surface area contributed by atoms with Crippen LogP contribution in [0, 0.1) is 16.7 Å². The maximum Gasteiger partial charge on any atom is 0.0347 e. The normalized spacial score (nSPS) is 32.3. The standard InChI is InChI=1S/C12H26Si/c1-11(2,3)8-9-10(13(6)7)12(9,4)5/h9-10,13H,8H2,1-7H3. The summed E-state index contributed by atoms with van der Waals surface area (Å²) in [5.41, 5.74) is 2.31.